The summed E-state index contributed by atoms with van der Waals surface area (Å²) in [6.07, 6.45) is 4.32. The molecule has 0 radical (unpaired) electrons. The maximum Gasteiger partial charge on any atom is 0.341 e. The second-order valence-corrected chi connectivity index (χ2v) is 7.80. The second-order valence-electron chi connectivity index (χ2n) is 6.31. The summed E-state index contributed by atoms with van der Waals surface area (Å²) in [4.78, 5) is 18.2. The number of thiocarbonyl (C=S) groups is 1. The third-order valence-corrected chi connectivity index (χ3v) is 6.30. The summed E-state index contributed by atoms with van der Waals surface area (Å²) in [5.41, 5.74) is 1.85. The molecule has 24 heavy (non-hydrogen) atoms. The number of nitrogens with one attached hydrogen (secondary N) is 1. The van der Waals surface area contributed by atoms with Crippen molar-refractivity contribution >= 4 is 39.6 Å². The number of carbonyl (C=O) groups is 1. The van der Waals surface area contributed by atoms with Crippen molar-refractivity contribution in [2.75, 3.05) is 45.2 Å². The predicted molar refractivity (Wildman–Crippen MR) is 102 cm³/mol. The normalized spacial score (nSPS) is 17.7. The zero-order valence-electron chi connectivity index (χ0n) is 14.4. The SMILES string of the molecule is CCCN1CCN(C(=S)Nc2sc3c(c2C(=O)OC)CCC3)CC1. The highest BCUT2D eigenvalue weighted by atomic mass is 32.1. The molecule has 0 spiro atoms. The monoisotopic (exact) mass is 367 g/mol. The van der Waals surface area contributed by atoms with Crippen LogP contribution in [0.3, 0.4) is 0 Å². The Labute approximate surface area is 153 Å². The lowest BCUT2D eigenvalue weighted by molar-refractivity contribution is 0.0601. The van der Waals surface area contributed by atoms with Gasteiger partial charge >= 0.3 is 5.97 Å². The highest BCUT2D eigenvalue weighted by Crippen LogP contribution is 2.39. The number of ether oxygens (including phenoxy) is 1. The fourth-order valence-electron chi connectivity index (χ4n) is 3.48. The summed E-state index contributed by atoms with van der Waals surface area (Å²) < 4.78 is 4.99. The molecule has 5 nitrogen and oxygen atoms in total. The van der Waals surface area contributed by atoms with Gasteiger partial charge in [-0.3, -0.25) is 4.90 Å². The first kappa shape index (κ1) is 17.6. The van der Waals surface area contributed by atoms with Crippen LogP contribution >= 0.6 is 23.6 Å². The standard InChI is InChI=1S/C17H25N3O2S2/c1-3-7-19-8-10-20(11-9-19)17(23)18-15-14(16(21)22-2)12-5-4-6-13(12)24-15/h3-11H2,1-2H3,(H,18,23). The Hall–Kier alpha value is -1.18. The molecule has 1 saturated heterocycles. The van der Waals surface area contributed by atoms with Gasteiger partial charge < -0.3 is 15.0 Å². The number of piperazine rings is 1. The largest absolute Gasteiger partial charge is 0.465 e. The average Bonchev–Trinajstić information content (AvgIpc) is 3.15. The Bertz CT molecular complexity index is 622. The summed E-state index contributed by atoms with van der Waals surface area (Å²) >= 11 is 7.26. The van der Waals surface area contributed by atoms with Gasteiger partial charge in [0.15, 0.2) is 5.11 Å². The zero-order chi connectivity index (χ0) is 17.1. The molecule has 7 heteroatoms. The van der Waals surface area contributed by atoms with Gasteiger partial charge in [0.1, 0.15) is 5.00 Å². The first-order chi connectivity index (χ1) is 11.6. The Morgan fingerprint density at radius 1 is 1.29 bits per heavy atom. The molecular weight excluding hydrogens is 342 g/mol. The molecule has 3 rings (SSSR count). The van der Waals surface area contributed by atoms with Gasteiger partial charge in [0, 0.05) is 31.1 Å². The molecule has 1 fully saturated rings. The lowest BCUT2D eigenvalue weighted by Crippen LogP contribution is -2.50. The Kier molecular flexibility index (Phi) is 5.73. The minimum atomic E-state index is -0.257. The highest BCUT2D eigenvalue weighted by Gasteiger charge is 2.28. The molecule has 0 bridgehead atoms. The lowest BCUT2D eigenvalue weighted by atomic mass is 10.1. The number of hydrogen-bond acceptors (Lipinski definition) is 5. The van der Waals surface area contributed by atoms with Crippen LogP contribution in [0.5, 0.6) is 0 Å². The van der Waals surface area contributed by atoms with Crippen molar-refractivity contribution in [2.24, 2.45) is 0 Å². The van der Waals surface area contributed by atoms with Gasteiger partial charge in [-0.15, -0.1) is 11.3 Å². The molecule has 1 aliphatic carbocycles. The number of nitrogens with zero attached hydrogens (tertiary/aromatic N) is 2. The van der Waals surface area contributed by atoms with E-state index < -0.39 is 0 Å². The molecule has 0 amide bonds. The van der Waals surface area contributed by atoms with E-state index in [2.05, 4.69) is 22.0 Å². The van der Waals surface area contributed by atoms with Crippen molar-refractivity contribution < 1.29 is 9.53 Å². The van der Waals surface area contributed by atoms with Crippen LogP contribution in [0, 0.1) is 0 Å². The molecule has 1 aromatic heterocycles. The summed E-state index contributed by atoms with van der Waals surface area (Å²) in [5, 5.41) is 4.90. The number of thiophene rings is 1. The minimum Gasteiger partial charge on any atom is -0.465 e. The van der Waals surface area contributed by atoms with Crippen molar-refractivity contribution in [1.29, 1.82) is 0 Å². The Morgan fingerprint density at radius 3 is 2.71 bits per heavy atom. The van der Waals surface area contributed by atoms with E-state index >= 15 is 0 Å². The van der Waals surface area contributed by atoms with E-state index in [1.165, 1.54) is 18.4 Å². The molecule has 2 aliphatic rings. The van der Waals surface area contributed by atoms with Crippen molar-refractivity contribution in [2.45, 2.75) is 32.6 Å². The summed E-state index contributed by atoms with van der Waals surface area (Å²) in [6.45, 7) is 7.32. The first-order valence-corrected chi connectivity index (χ1v) is 9.87. The molecule has 132 valence electrons. The quantitative estimate of drug-likeness (QED) is 0.652. The number of methoxy groups -OCH3 is 1. The number of rotatable bonds is 4. The Balaban J connectivity index is 1.68. The molecule has 1 aliphatic heterocycles. The van der Waals surface area contributed by atoms with Crippen LogP contribution in [-0.2, 0) is 17.6 Å². The molecule has 2 heterocycles. The van der Waals surface area contributed by atoms with Crippen LogP contribution in [0.4, 0.5) is 5.00 Å². The van der Waals surface area contributed by atoms with E-state index in [1.807, 2.05) is 0 Å². The molecule has 1 N–H and O–H groups in total. The van der Waals surface area contributed by atoms with Crippen molar-refractivity contribution in [3.8, 4) is 0 Å². The molecule has 0 unspecified atom stereocenters. The van der Waals surface area contributed by atoms with E-state index in [4.69, 9.17) is 17.0 Å². The number of hydrogen-bond donors (Lipinski definition) is 1. The smallest absolute Gasteiger partial charge is 0.341 e. The van der Waals surface area contributed by atoms with Gasteiger partial charge in [0.05, 0.1) is 12.7 Å². The molecule has 0 atom stereocenters. The van der Waals surface area contributed by atoms with E-state index in [-0.39, 0.29) is 5.97 Å². The van der Waals surface area contributed by atoms with Crippen LogP contribution in [0.15, 0.2) is 0 Å². The van der Waals surface area contributed by atoms with Crippen LogP contribution in [0.1, 0.15) is 40.6 Å². The summed E-state index contributed by atoms with van der Waals surface area (Å²) in [7, 11) is 1.44. The van der Waals surface area contributed by atoms with Crippen LogP contribution in [-0.4, -0.2) is 60.7 Å². The third-order valence-electron chi connectivity index (χ3n) is 4.73. The van der Waals surface area contributed by atoms with Gasteiger partial charge in [0.2, 0.25) is 0 Å². The van der Waals surface area contributed by atoms with Gasteiger partial charge in [0.25, 0.3) is 0 Å². The van der Waals surface area contributed by atoms with Gasteiger partial charge in [-0.25, -0.2) is 4.79 Å². The average molecular weight is 368 g/mol. The summed E-state index contributed by atoms with van der Waals surface area (Å²) in [5.74, 6) is -0.257. The first-order valence-electron chi connectivity index (χ1n) is 8.65. The van der Waals surface area contributed by atoms with Gasteiger partial charge in [-0.2, -0.15) is 0 Å². The van der Waals surface area contributed by atoms with Gasteiger partial charge in [-0.05, 0) is 50.0 Å². The maximum atomic E-state index is 12.2. The van der Waals surface area contributed by atoms with Crippen molar-refractivity contribution in [1.82, 2.24) is 9.80 Å². The van der Waals surface area contributed by atoms with Crippen molar-refractivity contribution in [3.05, 3.63) is 16.0 Å². The van der Waals surface area contributed by atoms with E-state index in [9.17, 15) is 4.79 Å². The number of esters is 1. The molecule has 1 aromatic rings. The number of carbonyl (C=O) groups excluding carboxylic acids is 1. The van der Waals surface area contributed by atoms with Crippen LogP contribution in [0.25, 0.3) is 0 Å². The van der Waals surface area contributed by atoms with E-state index in [0.717, 1.165) is 67.7 Å². The predicted octanol–water partition coefficient (Wildman–Crippen LogP) is 2.75. The number of aryl methyl sites for hydroxylation is 1. The summed E-state index contributed by atoms with van der Waals surface area (Å²) in [6, 6.07) is 0. The lowest BCUT2D eigenvalue weighted by Gasteiger charge is -2.36. The Morgan fingerprint density at radius 2 is 2.04 bits per heavy atom. The molecule has 0 saturated carbocycles. The molecular formula is C17H25N3O2S2. The fraction of sp³-hybridized carbons (Fsp3) is 0.647. The fourth-order valence-corrected chi connectivity index (χ4v) is 5.10. The number of anilines is 1. The second kappa shape index (κ2) is 7.80. The minimum absolute atomic E-state index is 0.257. The number of fused-ring (bicyclic) bond motifs is 1. The topological polar surface area (TPSA) is 44.8 Å². The van der Waals surface area contributed by atoms with Gasteiger partial charge in [-0.1, -0.05) is 6.92 Å². The van der Waals surface area contributed by atoms with E-state index in [0.29, 0.717) is 5.56 Å². The van der Waals surface area contributed by atoms with Crippen molar-refractivity contribution in [3.63, 3.8) is 0 Å². The highest BCUT2D eigenvalue weighted by molar-refractivity contribution is 7.80. The van der Waals surface area contributed by atoms with E-state index in [1.54, 1.807) is 11.3 Å². The maximum absolute atomic E-state index is 12.2. The molecule has 0 aromatic carbocycles. The van der Waals surface area contributed by atoms with Crippen LogP contribution < -0.4 is 5.32 Å². The third kappa shape index (κ3) is 3.58. The zero-order valence-corrected chi connectivity index (χ0v) is 16.0. The van der Waals surface area contributed by atoms with Crippen LogP contribution in [0.2, 0.25) is 0 Å².